The predicted octanol–water partition coefficient (Wildman–Crippen LogP) is 6.25. The average Bonchev–Trinajstić information content (AvgIpc) is 3.28. The zero-order valence-corrected chi connectivity index (χ0v) is 20.4. The molecule has 5 rings (SSSR count). The first kappa shape index (κ1) is 22.9. The Balaban J connectivity index is 1.41. The molecule has 1 N–H and O–H groups in total. The van der Waals surface area contributed by atoms with Crippen LogP contribution >= 0.6 is 35.0 Å². The number of Topliss-reactive ketones (excluding diaryl/α,β-unsaturated/α-hetero) is 1. The summed E-state index contributed by atoms with van der Waals surface area (Å²) in [6.07, 6.45) is 0. The predicted molar refractivity (Wildman–Crippen MR) is 133 cm³/mol. The third kappa shape index (κ3) is 4.30. The molecule has 0 fully saturated rings. The smallest absolute Gasteiger partial charge is 0.247 e. The molecule has 0 bridgehead atoms. The maximum Gasteiger partial charge on any atom is 0.247 e. The normalized spacial score (nSPS) is 16.4. The van der Waals surface area contributed by atoms with Gasteiger partial charge in [-0.05, 0) is 48.9 Å². The molecule has 1 atom stereocenters. The van der Waals surface area contributed by atoms with E-state index in [-0.39, 0.29) is 24.3 Å². The number of amides is 1. The molecule has 3 aromatic rings. The van der Waals surface area contributed by atoms with Crippen molar-refractivity contribution < 1.29 is 9.59 Å². The van der Waals surface area contributed by atoms with E-state index in [0.29, 0.717) is 27.8 Å². The third-order valence-electron chi connectivity index (χ3n) is 5.61. The van der Waals surface area contributed by atoms with Gasteiger partial charge in [0.05, 0.1) is 24.5 Å². The largest absolute Gasteiger partial charge is 0.295 e. The fourth-order valence-electron chi connectivity index (χ4n) is 3.94. The summed E-state index contributed by atoms with van der Waals surface area (Å²) in [6.45, 7) is 1.87. The van der Waals surface area contributed by atoms with Gasteiger partial charge in [0.1, 0.15) is 6.04 Å². The molecule has 172 valence electrons. The first-order valence-electron chi connectivity index (χ1n) is 10.5. The van der Waals surface area contributed by atoms with Gasteiger partial charge in [-0.25, -0.2) is 10.5 Å². The third-order valence-corrected chi connectivity index (χ3v) is 7.30. The highest BCUT2D eigenvalue weighted by Gasteiger charge is 2.31. The quantitative estimate of drug-likeness (QED) is 0.409. The Morgan fingerprint density at radius 1 is 1.06 bits per heavy atom. The summed E-state index contributed by atoms with van der Waals surface area (Å²) < 4.78 is 0. The van der Waals surface area contributed by atoms with Crippen LogP contribution in [0.1, 0.15) is 28.9 Å². The highest BCUT2D eigenvalue weighted by Crippen LogP contribution is 2.48. The number of nitrogens with zero attached hydrogens (tertiary/aromatic N) is 4. The number of hydrogen-bond acceptors (Lipinski definition) is 7. The maximum absolute atomic E-state index is 13.5. The monoisotopic (exact) mass is 511 g/mol. The van der Waals surface area contributed by atoms with Gasteiger partial charge in [0.25, 0.3) is 0 Å². The van der Waals surface area contributed by atoms with Crippen molar-refractivity contribution in [1.29, 1.82) is 0 Å². The van der Waals surface area contributed by atoms with Crippen LogP contribution in [0.3, 0.4) is 0 Å². The second-order valence-corrected chi connectivity index (χ2v) is 9.74. The lowest BCUT2D eigenvalue weighted by molar-refractivity contribution is -0.118. The number of rotatable bonds is 5. The number of benzene rings is 3. The van der Waals surface area contributed by atoms with Crippen molar-refractivity contribution in [1.82, 2.24) is 10.5 Å². The summed E-state index contributed by atoms with van der Waals surface area (Å²) in [5, 5.41) is 10.8. The Morgan fingerprint density at radius 3 is 2.65 bits per heavy atom. The van der Waals surface area contributed by atoms with E-state index in [1.54, 1.807) is 46.0 Å². The van der Waals surface area contributed by atoms with E-state index in [1.807, 2.05) is 36.4 Å². The molecular formula is C24H19Cl2N5O2S. The number of hydrazine groups is 1. The van der Waals surface area contributed by atoms with Crippen molar-refractivity contribution in [2.75, 3.05) is 18.0 Å². The van der Waals surface area contributed by atoms with E-state index in [2.05, 4.69) is 15.8 Å². The molecule has 1 amide bonds. The molecule has 0 aliphatic carbocycles. The van der Waals surface area contributed by atoms with Gasteiger partial charge in [-0.3, -0.25) is 14.5 Å². The SMILES string of the molecule is CC(=O)c1ccc2c(c1)N(C(=O)CNN1N=NCC1c1ccc(Cl)cc1Cl)c1ccccc1S2. The highest BCUT2D eigenvalue weighted by molar-refractivity contribution is 7.99. The fraction of sp³-hybridized carbons (Fsp3) is 0.167. The van der Waals surface area contributed by atoms with E-state index >= 15 is 0 Å². The molecule has 0 spiro atoms. The molecule has 0 saturated heterocycles. The van der Waals surface area contributed by atoms with Gasteiger partial charge in [0, 0.05) is 25.4 Å². The number of hydrogen-bond donors (Lipinski definition) is 1. The van der Waals surface area contributed by atoms with Crippen molar-refractivity contribution in [2.45, 2.75) is 22.8 Å². The van der Waals surface area contributed by atoms with E-state index in [9.17, 15) is 9.59 Å². The summed E-state index contributed by atoms with van der Waals surface area (Å²) in [7, 11) is 0. The minimum Gasteiger partial charge on any atom is -0.295 e. The first-order valence-corrected chi connectivity index (χ1v) is 12.1. The second-order valence-electron chi connectivity index (χ2n) is 7.81. The lowest BCUT2D eigenvalue weighted by Crippen LogP contribution is -2.43. The zero-order valence-electron chi connectivity index (χ0n) is 18.0. The Morgan fingerprint density at radius 2 is 1.85 bits per heavy atom. The van der Waals surface area contributed by atoms with Crippen molar-refractivity contribution >= 4 is 58.0 Å². The number of halogens is 2. The van der Waals surface area contributed by atoms with Gasteiger partial charge >= 0.3 is 0 Å². The molecule has 34 heavy (non-hydrogen) atoms. The number of anilines is 2. The molecule has 2 aliphatic heterocycles. The molecule has 0 saturated carbocycles. The van der Waals surface area contributed by atoms with Crippen LogP contribution in [0.5, 0.6) is 0 Å². The molecule has 1 unspecified atom stereocenters. The Kier molecular flexibility index (Phi) is 6.31. The van der Waals surface area contributed by atoms with E-state index < -0.39 is 0 Å². The van der Waals surface area contributed by atoms with E-state index in [4.69, 9.17) is 23.2 Å². The number of fused-ring (bicyclic) bond motifs is 2. The minimum absolute atomic E-state index is 0.0382. The van der Waals surface area contributed by atoms with Crippen LogP contribution in [-0.2, 0) is 4.79 Å². The van der Waals surface area contributed by atoms with Gasteiger partial charge in [0.15, 0.2) is 5.78 Å². The molecule has 2 heterocycles. The number of carbonyl (C=O) groups excluding carboxylic acids is 2. The van der Waals surface area contributed by atoms with Crippen molar-refractivity contribution in [3.63, 3.8) is 0 Å². The summed E-state index contributed by atoms with van der Waals surface area (Å²) >= 11 is 14.0. The van der Waals surface area contributed by atoms with Gasteiger partial charge in [-0.2, -0.15) is 5.11 Å². The van der Waals surface area contributed by atoms with Crippen LogP contribution < -0.4 is 10.3 Å². The lowest BCUT2D eigenvalue weighted by atomic mass is 10.1. The summed E-state index contributed by atoms with van der Waals surface area (Å²) in [6, 6.07) is 18.1. The van der Waals surface area contributed by atoms with Gasteiger partial charge in [-0.15, -0.1) is 0 Å². The number of nitrogens with one attached hydrogen (secondary N) is 1. The standard InChI is InChI=1S/C24H19Cl2N5O2S/c1-14(32)15-6-9-23-20(10-15)30(19-4-2-3-5-22(19)34-23)24(33)13-28-31-21(12-27-29-31)17-8-7-16(25)11-18(17)26/h2-11,21,28H,12-13H2,1H3. The lowest BCUT2D eigenvalue weighted by Gasteiger charge is -2.32. The van der Waals surface area contributed by atoms with Crippen molar-refractivity contribution in [3.8, 4) is 0 Å². The summed E-state index contributed by atoms with van der Waals surface area (Å²) in [4.78, 5) is 29.1. The Labute approximate surface area is 210 Å². The molecule has 0 radical (unpaired) electrons. The first-order chi connectivity index (χ1) is 16.4. The molecule has 7 nitrogen and oxygen atoms in total. The maximum atomic E-state index is 13.5. The highest BCUT2D eigenvalue weighted by atomic mass is 35.5. The Hall–Kier alpha value is -2.91. The molecule has 2 aliphatic rings. The van der Waals surface area contributed by atoms with Crippen LogP contribution in [0.25, 0.3) is 0 Å². The van der Waals surface area contributed by atoms with Gasteiger partial charge in [0.2, 0.25) is 5.91 Å². The van der Waals surface area contributed by atoms with E-state index in [1.165, 1.54) is 6.92 Å². The summed E-state index contributed by atoms with van der Waals surface area (Å²) in [5.74, 6) is -0.255. The average molecular weight is 512 g/mol. The summed E-state index contributed by atoms with van der Waals surface area (Å²) in [5.41, 5.74) is 5.90. The molecule has 10 heteroatoms. The molecule has 3 aromatic carbocycles. The molecule has 0 aromatic heterocycles. The van der Waals surface area contributed by atoms with Crippen molar-refractivity contribution in [2.24, 2.45) is 10.3 Å². The van der Waals surface area contributed by atoms with Crippen LogP contribution in [0.2, 0.25) is 10.0 Å². The van der Waals surface area contributed by atoms with Crippen molar-refractivity contribution in [3.05, 3.63) is 81.8 Å². The van der Waals surface area contributed by atoms with E-state index in [0.717, 1.165) is 21.0 Å². The second kappa shape index (κ2) is 9.38. The Bertz CT molecular complexity index is 1330. The number of para-hydroxylation sites is 1. The number of ketones is 1. The van der Waals surface area contributed by atoms with Crippen LogP contribution in [0, 0.1) is 0 Å². The minimum atomic E-state index is -0.265. The zero-order chi connectivity index (χ0) is 23.8. The van der Waals surface area contributed by atoms with Gasteiger partial charge in [-0.1, -0.05) is 64.5 Å². The van der Waals surface area contributed by atoms with Crippen LogP contribution in [-0.4, -0.2) is 29.9 Å². The number of carbonyl (C=O) groups is 2. The van der Waals surface area contributed by atoms with Gasteiger partial charge < -0.3 is 0 Å². The molecular weight excluding hydrogens is 493 g/mol. The fourth-order valence-corrected chi connectivity index (χ4v) is 5.51. The van der Waals surface area contributed by atoms with Crippen LogP contribution in [0.15, 0.2) is 80.8 Å². The van der Waals surface area contributed by atoms with Crippen LogP contribution in [0.4, 0.5) is 11.4 Å². The topological polar surface area (TPSA) is 77.4 Å².